The minimum atomic E-state index is -1.53. The largest absolute Gasteiger partial charge is 0.394 e. The number of ether oxygens (including phenoxy) is 3. The normalized spacial score (nSPS) is 34.5. The fraction of sp³-hybridized carbons (Fsp3) is 0.568. The Morgan fingerprint density at radius 3 is 1.58 bits per heavy atom. The van der Waals surface area contributed by atoms with Gasteiger partial charge in [-0.25, -0.2) is 0 Å². The molecule has 3 fully saturated rings. The number of likely N-dealkylation sites (tertiary alicyclic amines) is 1. The second kappa shape index (κ2) is 14.9. The van der Waals surface area contributed by atoms with Gasteiger partial charge in [0.1, 0.15) is 67.3 Å². The van der Waals surface area contributed by atoms with Crippen LogP contribution in [0, 0.1) is 23.7 Å². The topological polar surface area (TPSA) is 213 Å². The maximum Gasteiger partial charge on any atom is 0.147 e. The van der Waals surface area contributed by atoms with E-state index in [-0.39, 0.29) is 6.10 Å². The van der Waals surface area contributed by atoms with Crippen LogP contribution in [0.3, 0.4) is 0 Å². The highest BCUT2D eigenvalue weighted by Gasteiger charge is 2.47. The quantitative estimate of drug-likeness (QED) is 0.152. The van der Waals surface area contributed by atoms with Crippen LogP contribution in [0.4, 0.5) is 0 Å². The molecule has 13 heteroatoms. The van der Waals surface area contributed by atoms with Crippen molar-refractivity contribution in [3.63, 3.8) is 0 Å². The van der Waals surface area contributed by atoms with E-state index in [0.29, 0.717) is 37.1 Å². The van der Waals surface area contributed by atoms with Crippen LogP contribution in [-0.4, -0.2) is 158 Å². The molecule has 0 radical (unpaired) electrons. The molecule has 3 saturated heterocycles. The molecule has 4 aliphatic rings. The van der Waals surface area contributed by atoms with Crippen molar-refractivity contribution in [1.82, 2.24) is 4.90 Å². The third-order valence-electron chi connectivity index (χ3n) is 10.7. The fourth-order valence-corrected chi connectivity index (χ4v) is 7.53. The summed E-state index contributed by atoms with van der Waals surface area (Å²) in [6, 6.07) is 11.7. The van der Waals surface area contributed by atoms with Crippen molar-refractivity contribution < 1.29 is 60.2 Å². The molecule has 1 spiro atoms. The molecular formula is C37H45NO12. The van der Waals surface area contributed by atoms with Gasteiger partial charge in [0, 0.05) is 36.7 Å². The molecule has 50 heavy (non-hydrogen) atoms. The van der Waals surface area contributed by atoms with Gasteiger partial charge >= 0.3 is 0 Å². The number of aliphatic hydroxyl groups excluding tert-OH is 9. The molecule has 6 rings (SSSR count). The number of rotatable bonds is 5. The Kier molecular flexibility index (Phi) is 11.0. The zero-order valence-corrected chi connectivity index (χ0v) is 27.8. The van der Waals surface area contributed by atoms with Gasteiger partial charge in [0.2, 0.25) is 0 Å². The molecule has 0 saturated carbocycles. The summed E-state index contributed by atoms with van der Waals surface area (Å²) in [4.78, 5) is 1.99. The number of piperidine rings is 1. The molecule has 0 amide bonds. The van der Waals surface area contributed by atoms with E-state index in [0.717, 1.165) is 22.3 Å². The van der Waals surface area contributed by atoms with Gasteiger partial charge in [0.25, 0.3) is 0 Å². The third kappa shape index (κ3) is 6.60. The summed E-state index contributed by atoms with van der Waals surface area (Å²) in [5.41, 5.74) is 4.84. The first kappa shape index (κ1) is 36.8. The van der Waals surface area contributed by atoms with E-state index >= 15 is 0 Å². The molecule has 13 nitrogen and oxygen atoms in total. The van der Waals surface area contributed by atoms with Crippen LogP contribution >= 0.6 is 0 Å². The fourth-order valence-electron chi connectivity index (χ4n) is 7.53. The van der Waals surface area contributed by atoms with Crippen LogP contribution in [0.15, 0.2) is 36.4 Å². The van der Waals surface area contributed by atoms with Crippen molar-refractivity contribution in [2.45, 2.75) is 98.6 Å². The molecule has 1 aliphatic carbocycles. The molecule has 12 atom stereocenters. The summed E-state index contributed by atoms with van der Waals surface area (Å²) in [6.07, 6.45) is -13.2. The lowest BCUT2D eigenvalue weighted by molar-refractivity contribution is -0.214. The standard InChI is InChI=1S/C37H45NO12/c1-19(48-2)36(47)38-13-11-37(12-14-38)24-15-20(5-9-26-30(41)34(45)32(43)28(17-39)49-26)3-7-22(24)23-8-4-21(16-25(23)37)6-10-27-31(42)35(46)33(44)29(18-40)50-27/h3-4,7-8,15-16,19,26-36,39-47H,11-14,17-18H2,1-2H3/t19-,26-,27-,28-,29-,30-,31-,32-,33-,34-,35-,36?/m1/s1. The Labute approximate surface area is 290 Å². The van der Waals surface area contributed by atoms with Gasteiger partial charge in [-0.3, -0.25) is 4.90 Å². The molecule has 0 aromatic heterocycles. The number of aliphatic hydroxyl groups is 9. The van der Waals surface area contributed by atoms with Gasteiger partial charge in [0.15, 0.2) is 0 Å². The molecule has 0 bridgehead atoms. The Morgan fingerprint density at radius 2 is 1.18 bits per heavy atom. The maximum atomic E-state index is 10.9. The van der Waals surface area contributed by atoms with Gasteiger partial charge in [-0.15, -0.1) is 0 Å². The Bertz CT molecular complexity index is 1550. The van der Waals surface area contributed by atoms with E-state index in [1.54, 1.807) is 7.11 Å². The second-order valence-corrected chi connectivity index (χ2v) is 13.5. The summed E-state index contributed by atoms with van der Waals surface area (Å²) in [7, 11) is 1.56. The number of nitrogens with zero attached hydrogens (tertiary/aromatic N) is 1. The first-order valence-electron chi connectivity index (χ1n) is 16.8. The van der Waals surface area contributed by atoms with Crippen LogP contribution in [0.5, 0.6) is 0 Å². The number of hydrogen-bond donors (Lipinski definition) is 9. The van der Waals surface area contributed by atoms with E-state index in [1.807, 2.05) is 48.2 Å². The highest BCUT2D eigenvalue weighted by molar-refractivity contribution is 5.82. The van der Waals surface area contributed by atoms with Crippen molar-refractivity contribution >= 4 is 0 Å². The summed E-state index contributed by atoms with van der Waals surface area (Å²) < 4.78 is 16.5. The Balaban J connectivity index is 1.34. The van der Waals surface area contributed by atoms with Crippen molar-refractivity contribution in [3.05, 3.63) is 58.7 Å². The number of hydrogen-bond acceptors (Lipinski definition) is 13. The van der Waals surface area contributed by atoms with Gasteiger partial charge in [-0.05, 0) is 66.3 Å². The van der Waals surface area contributed by atoms with E-state index in [2.05, 4.69) is 23.7 Å². The number of fused-ring (bicyclic) bond motifs is 5. The zero-order chi connectivity index (χ0) is 35.9. The zero-order valence-electron chi connectivity index (χ0n) is 27.8. The van der Waals surface area contributed by atoms with Crippen LogP contribution in [0.1, 0.15) is 42.0 Å². The minimum Gasteiger partial charge on any atom is -0.394 e. The summed E-state index contributed by atoms with van der Waals surface area (Å²) in [5, 5.41) is 91.7. The Hall–Kier alpha value is -2.96. The summed E-state index contributed by atoms with van der Waals surface area (Å²) >= 11 is 0. The van der Waals surface area contributed by atoms with E-state index in [1.165, 1.54) is 0 Å². The van der Waals surface area contributed by atoms with Gasteiger partial charge in [0.05, 0.1) is 19.3 Å². The van der Waals surface area contributed by atoms with E-state index in [9.17, 15) is 46.0 Å². The lowest BCUT2D eigenvalue weighted by atomic mass is 9.70. The molecule has 3 aliphatic heterocycles. The van der Waals surface area contributed by atoms with Gasteiger partial charge < -0.3 is 60.2 Å². The SMILES string of the molecule is CO[C@H](C)C(O)N1CCC2(CC1)c1cc(C#C[C@H]3O[C@H](CO)[C@@H](O)[C@H](O)[C@@H]3O)ccc1-c1ccc(C#C[C@H]3O[C@H](CO)[C@@H](O)[C@H](O)[C@@H]3O)cc12. The summed E-state index contributed by atoms with van der Waals surface area (Å²) in [6.45, 7) is 1.85. The van der Waals surface area contributed by atoms with Crippen molar-refractivity contribution in [3.8, 4) is 34.8 Å². The summed E-state index contributed by atoms with van der Waals surface area (Å²) in [5.74, 6) is 11.8. The van der Waals surface area contributed by atoms with Crippen molar-refractivity contribution in [1.29, 1.82) is 0 Å². The van der Waals surface area contributed by atoms with Crippen LogP contribution in [0.25, 0.3) is 11.1 Å². The van der Waals surface area contributed by atoms with Crippen molar-refractivity contribution in [2.24, 2.45) is 0 Å². The average Bonchev–Trinajstić information content (AvgIpc) is 3.39. The lowest BCUT2D eigenvalue weighted by Gasteiger charge is -2.43. The molecular weight excluding hydrogens is 650 g/mol. The molecule has 270 valence electrons. The molecule has 1 unspecified atom stereocenters. The molecule has 2 aromatic rings. The third-order valence-corrected chi connectivity index (χ3v) is 10.7. The maximum absolute atomic E-state index is 10.9. The molecule has 3 heterocycles. The number of benzene rings is 2. The van der Waals surface area contributed by atoms with Crippen molar-refractivity contribution in [2.75, 3.05) is 33.4 Å². The first-order chi connectivity index (χ1) is 23.9. The predicted octanol–water partition coefficient (Wildman–Crippen LogP) is -2.21. The van der Waals surface area contributed by atoms with Gasteiger partial charge in [-0.2, -0.15) is 0 Å². The van der Waals surface area contributed by atoms with E-state index < -0.39 is 85.9 Å². The Morgan fingerprint density at radius 1 is 0.740 bits per heavy atom. The van der Waals surface area contributed by atoms with E-state index in [4.69, 9.17) is 14.2 Å². The second-order valence-electron chi connectivity index (χ2n) is 13.5. The van der Waals surface area contributed by atoms with Gasteiger partial charge in [-0.1, -0.05) is 35.8 Å². The number of methoxy groups -OCH3 is 1. The predicted molar refractivity (Wildman–Crippen MR) is 177 cm³/mol. The van der Waals surface area contributed by atoms with Crippen LogP contribution in [-0.2, 0) is 19.6 Å². The lowest BCUT2D eigenvalue weighted by Crippen LogP contribution is -2.58. The highest BCUT2D eigenvalue weighted by atomic mass is 16.6. The van der Waals surface area contributed by atoms with Crippen LogP contribution < -0.4 is 0 Å². The smallest absolute Gasteiger partial charge is 0.147 e. The first-order valence-corrected chi connectivity index (χ1v) is 16.8. The monoisotopic (exact) mass is 695 g/mol. The molecule has 2 aromatic carbocycles. The minimum absolute atomic E-state index is 0.388. The average molecular weight is 696 g/mol. The molecule has 9 N–H and O–H groups in total. The highest BCUT2D eigenvalue weighted by Crippen LogP contribution is 2.54. The van der Waals surface area contributed by atoms with Crippen LogP contribution in [0.2, 0.25) is 0 Å².